The molecule has 4 aliphatic heterocycles. The molecule has 0 spiro atoms. The van der Waals surface area contributed by atoms with Crippen molar-refractivity contribution in [3.63, 3.8) is 0 Å². The molecule has 8 aromatic carbocycles. The van der Waals surface area contributed by atoms with Gasteiger partial charge in [-0.2, -0.15) is 5.26 Å². The number of aliphatic hydroxyl groups excluding tert-OH is 3. The number of carbonyl (C=O) groups excluding carboxylic acids is 8. The molecule has 738 valence electrons. The summed E-state index contributed by atoms with van der Waals surface area (Å²) in [5, 5.41) is 76.4. The lowest BCUT2D eigenvalue weighted by molar-refractivity contribution is -0.135. The Kier molecular flexibility index (Phi) is 39.5. The zero-order chi connectivity index (χ0) is 99.8. The average Bonchev–Trinajstić information content (AvgIpc) is 0.760. The van der Waals surface area contributed by atoms with Crippen LogP contribution in [0.1, 0.15) is 118 Å². The highest BCUT2D eigenvalue weighted by molar-refractivity contribution is 7.94. The van der Waals surface area contributed by atoms with Gasteiger partial charge in [-0.15, -0.1) is 0 Å². The van der Waals surface area contributed by atoms with E-state index in [1.165, 1.54) is 147 Å². The second kappa shape index (κ2) is 50.1. The number of rotatable bonds is 40. The third kappa shape index (κ3) is 25.9. The Morgan fingerprint density at radius 3 is 0.650 bits per heavy atom. The standard InChI is InChI=1S/C24H26N2O8S.3C23H27NO9S/c1-32-19-4-2-17(3-5-19)22(27)18(16-25)10-13-34-20-6-8-21(9-7-20)35(30,31)24(23(28)26-29)11-14-33-15-12-24;3*1-31-17-4-2-16(3-5-17)21(26)20(25)10-13-33-18-6-8-19(9-7-18)34(29,30)23(22(27)24-28)11-14-32-15-12-23/h2-9,18,29H,10-15H2,1H3,(H,26,28);3*2-9,20,25,28H,10-15H2,1H3,(H,24,27)/t;2*20-;/m.10./s1. The van der Waals surface area contributed by atoms with Gasteiger partial charge < -0.3 is 72.2 Å². The molecule has 4 aliphatic rings. The molecule has 137 heavy (non-hydrogen) atoms. The summed E-state index contributed by atoms with van der Waals surface area (Å²) in [6, 6.07) is 49.5. The van der Waals surface area contributed by atoms with E-state index in [0.29, 0.717) is 68.2 Å². The summed E-state index contributed by atoms with van der Waals surface area (Å²) in [6.45, 7) is 0.702. The number of hydroxylamine groups is 4. The molecular formula is C93H107N5O35S4. The van der Waals surface area contributed by atoms with Crippen LogP contribution in [0, 0.1) is 17.2 Å². The van der Waals surface area contributed by atoms with Crippen LogP contribution in [0.4, 0.5) is 0 Å². The lowest BCUT2D eigenvalue weighted by Crippen LogP contribution is -2.54. The normalized spacial score (nSPS) is 16.2. The fourth-order valence-electron chi connectivity index (χ4n) is 15.1. The largest absolute Gasteiger partial charge is 0.497 e. The molecule has 0 bridgehead atoms. The van der Waals surface area contributed by atoms with Crippen LogP contribution < -0.4 is 59.8 Å². The van der Waals surface area contributed by atoms with E-state index in [2.05, 4.69) is 0 Å². The number of hydrogen-bond acceptors (Lipinski definition) is 36. The van der Waals surface area contributed by atoms with Crippen molar-refractivity contribution in [2.24, 2.45) is 5.92 Å². The molecule has 11 N–H and O–H groups in total. The Balaban J connectivity index is 0.000000205. The van der Waals surface area contributed by atoms with Crippen molar-refractivity contribution >= 4 is 86.1 Å². The Labute approximate surface area is 789 Å². The second-order valence-electron chi connectivity index (χ2n) is 31.2. The average molecular weight is 1980 g/mol. The Bertz CT molecular complexity index is 5490. The minimum Gasteiger partial charge on any atom is -0.497 e. The zero-order valence-corrected chi connectivity index (χ0v) is 78.2. The second-order valence-corrected chi connectivity index (χ2v) is 40.3. The van der Waals surface area contributed by atoms with Gasteiger partial charge in [0.05, 0.1) is 80.5 Å². The molecule has 4 amide bonds. The van der Waals surface area contributed by atoms with E-state index >= 15 is 0 Å². The third-order valence-corrected chi connectivity index (χ3v) is 33.5. The molecule has 40 nitrogen and oxygen atoms in total. The van der Waals surface area contributed by atoms with E-state index in [0.717, 1.165) is 0 Å². The van der Waals surface area contributed by atoms with Crippen LogP contribution in [-0.4, -0.2) is 262 Å². The summed E-state index contributed by atoms with van der Waals surface area (Å²) in [6.07, 6.45) is -4.23. The van der Waals surface area contributed by atoms with Gasteiger partial charge in [0.1, 0.15) is 70.2 Å². The molecule has 0 aromatic heterocycles. The molecule has 0 saturated carbocycles. The highest BCUT2D eigenvalue weighted by Crippen LogP contribution is 2.41. The van der Waals surface area contributed by atoms with Gasteiger partial charge in [-0.25, -0.2) is 55.6 Å². The van der Waals surface area contributed by atoms with E-state index < -0.39 is 124 Å². The lowest BCUT2D eigenvalue weighted by Gasteiger charge is -2.34. The number of ketones is 4. The molecule has 12 rings (SSSR count). The van der Waals surface area contributed by atoms with Crippen molar-refractivity contribution in [1.82, 2.24) is 21.9 Å². The predicted octanol–water partition coefficient (Wildman–Crippen LogP) is 6.92. The van der Waals surface area contributed by atoms with E-state index in [4.69, 9.17) is 77.7 Å². The highest BCUT2D eigenvalue weighted by Gasteiger charge is 2.56. The number of nitrogens with one attached hydrogen (secondary N) is 4. The first-order valence-electron chi connectivity index (χ1n) is 42.7. The van der Waals surface area contributed by atoms with Gasteiger partial charge in [-0.05, 0) is 245 Å². The smallest absolute Gasteiger partial charge is 0.265 e. The summed E-state index contributed by atoms with van der Waals surface area (Å²) >= 11 is 0. The number of Topliss-reactive ketones (excluding diaryl/α,β-unsaturated/α-hetero) is 4. The first-order chi connectivity index (χ1) is 65.5. The van der Waals surface area contributed by atoms with Gasteiger partial charge in [0, 0.05) is 101 Å². The van der Waals surface area contributed by atoms with Crippen molar-refractivity contribution in [2.75, 3.05) is 108 Å². The van der Waals surface area contributed by atoms with Crippen molar-refractivity contribution in [3.8, 4) is 52.1 Å². The molecule has 0 aliphatic carbocycles. The minimum atomic E-state index is -4.14. The number of nitrogens with zero attached hydrogens (tertiary/aromatic N) is 1. The molecular weight excluding hydrogens is 1880 g/mol. The molecule has 2 unspecified atom stereocenters. The van der Waals surface area contributed by atoms with Crippen LogP contribution >= 0.6 is 0 Å². The van der Waals surface area contributed by atoms with E-state index in [1.54, 1.807) is 97.1 Å². The Morgan fingerprint density at radius 1 is 0.299 bits per heavy atom. The molecule has 8 aromatic rings. The van der Waals surface area contributed by atoms with Crippen molar-refractivity contribution < 1.29 is 165 Å². The van der Waals surface area contributed by atoms with Gasteiger partial charge in [0.25, 0.3) is 23.6 Å². The summed E-state index contributed by atoms with van der Waals surface area (Å²) < 4.78 is 162. The highest BCUT2D eigenvalue weighted by atomic mass is 32.2. The number of carbonyl (C=O) groups is 8. The topological polar surface area (TPSA) is 597 Å². The molecule has 4 heterocycles. The van der Waals surface area contributed by atoms with Crippen LogP contribution in [0.15, 0.2) is 214 Å². The fraction of sp³-hybridized carbons (Fsp3) is 0.387. The molecule has 0 radical (unpaired) electrons. The Hall–Kier alpha value is -12.4. The number of ether oxygens (including phenoxy) is 12. The van der Waals surface area contributed by atoms with Crippen LogP contribution in [0.5, 0.6) is 46.0 Å². The molecule has 4 atom stereocenters. The van der Waals surface area contributed by atoms with Crippen molar-refractivity contribution in [1.29, 1.82) is 5.26 Å². The van der Waals surface area contributed by atoms with Gasteiger partial charge in [-0.1, -0.05) is 0 Å². The van der Waals surface area contributed by atoms with Crippen molar-refractivity contribution in [2.45, 2.75) is 134 Å². The zero-order valence-electron chi connectivity index (χ0n) is 74.9. The van der Waals surface area contributed by atoms with Crippen LogP contribution in [0.25, 0.3) is 0 Å². The summed E-state index contributed by atoms with van der Waals surface area (Å²) in [4.78, 5) is 98.4. The van der Waals surface area contributed by atoms with Gasteiger partial charge >= 0.3 is 0 Å². The molecule has 44 heteroatoms. The number of amides is 4. The number of aliphatic hydroxyl groups is 3. The number of benzene rings is 8. The van der Waals surface area contributed by atoms with Crippen LogP contribution in [0.3, 0.4) is 0 Å². The summed E-state index contributed by atoms with van der Waals surface area (Å²) in [7, 11) is -10.5. The van der Waals surface area contributed by atoms with E-state index in [9.17, 15) is 92.6 Å². The monoisotopic (exact) mass is 1980 g/mol. The van der Waals surface area contributed by atoms with Gasteiger partial charge in [0.15, 0.2) is 81.5 Å². The van der Waals surface area contributed by atoms with Gasteiger partial charge in [-0.3, -0.25) is 59.2 Å². The number of nitriles is 1. The number of methoxy groups -OCH3 is 4. The maximum absolute atomic E-state index is 13.3. The summed E-state index contributed by atoms with van der Waals surface area (Å²) in [5.41, 5.74) is 7.31. The maximum atomic E-state index is 13.3. The first-order valence-corrected chi connectivity index (χ1v) is 48.6. The van der Waals surface area contributed by atoms with Crippen molar-refractivity contribution in [3.05, 3.63) is 216 Å². The minimum absolute atomic E-state index is 0.0172. The Morgan fingerprint density at radius 2 is 0.474 bits per heavy atom. The third-order valence-electron chi connectivity index (χ3n) is 23.4. The SMILES string of the molecule is COc1ccc(C(=O)C(C#N)CCOc2ccc(S(=O)(=O)C3(C(=O)NO)CCOCC3)cc2)cc1.COc1ccc(C(=O)C(O)CCOc2ccc(S(=O)(=O)C3(C(=O)NO)CCOCC3)cc2)cc1.COc1ccc(C(=O)[C@@H](O)CCOc2ccc(S(=O)(=O)C3(C(=O)NO)CCOCC3)cc2)cc1.COc1ccc(C(=O)[C@H](O)CCOc2ccc(S(=O)(=O)C3(C(=O)NO)CCOCC3)cc2)cc1. The molecule has 4 fully saturated rings. The van der Waals surface area contributed by atoms with E-state index in [1.807, 2.05) is 6.07 Å². The quantitative estimate of drug-likeness (QED) is 0.0105. The van der Waals surface area contributed by atoms with Gasteiger partial charge in [0.2, 0.25) is 0 Å². The number of sulfone groups is 4. The molecule has 4 saturated heterocycles. The summed E-state index contributed by atoms with van der Waals surface area (Å²) in [5.74, 6) is -2.84. The fourth-order valence-corrected chi connectivity index (χ4v) is 22.8. The number of hydrogen-bond donors (Lipinski definition) is 11. The predicted molar refractivity (Wildman–Crippen MR) is 482 cm³/mol. The lowest BCUT2D eigenvalue weighted by atomic mass is 9.96. The van der Waals surface area contributed by atoms with Crippen LogP contribution in [0.2, 0.25) is 0 Å². The maximum Gasteiger partial charge on any atom is 0.265 e. The van der Waals surface area contributed by atoms with Crippen LogP contribution in [-0.2, 0) is 77.5 Å². The first kappa shape index (κ1) is 108. The van der Waals surface area contributed by atoms with E-state index in [-0.39, 0.29) is 182 Å².